The van der Waals surface area contributed by atoms with Crippen molar-refractivity contribution in [2.45, 2.75) is 25.7 Å². The molecule has 1 fully saturated rings. The summed E-state index contributed by atoms with van der Waals surface area (Å²) >= 11 is 0. The van der Waals surface area contributed by atoms with E-state index in [0.29, 0.717) is 0 Å². The monoisotopic (exact) mass is 151 g/mol. The zero-order chi connectivity index (χ0) is 7.52. The fraction of sp³-hybridized carbons (Fsp3) is 0.800. The zero-order valence-corrected chi connectivity index (χ0v) is 7.13. The largest absolute Gasteiger partial charge is 0.302 e. The van der Waals surface area contributed by atoms with Crippen LogP contribution >= 0.6 is 0 Å². The quantitative estimate of drug-likeness (QED) is 0.546. The second-order valence-corrected chi connectivity index (χ2v) is 3.79. The van der Waals surface area contributed by atoms with E-state index in [4.69, 9.17) is 0 Å². The molecule has 2 rings (SSSR count). The van der Waals surface area contributed by atoms with Gasteiger partial charge in [0, 0.05) is 19.6 Å². The van der Waals surface area contributed by atoms with E-state index in [2.05, 4.69) is 17.1 Å². The van der Waals surface area contributed by atoms with Crippen LogP contribution in [0.4, 0.5) is 0 Å². The molecule has 1 aliphatic carbocycles. The normalized spacial score (nSPS) is 26.9. The fourth-order valence-electron chi connectivity index (χ4n) is 1.71. The van der Waals surface area contributed by atoms with Crippen LogP contribution in [0, 0.1) is 5.92 Å². The minimum atomic E-state index is 1.06. The van der Waals surface area contributed by atoms with Gasteiger partial charge in [-0.15, -0.1) is 0 Å². The van der Waals surface area contributed by atoms with Crippen molar-refractivity contribution in [2.75, 3.05) is 19.6 Å². The number of nitrogens with zero attached hydrogens (tertiary/aromatic N) is 1. The summed E-state index contributed by atoms with van der Waals surface area (Å²) in [6, 6.07) is 0. The fourth-order valence-corrected chi connectivity index (χ4v) is 1.71. The molecule has 0 amide bonds. The van der Waals surface area contributed by atoms with Gasteiger partial charge in [0.15, 0.2) is 0 Å². The van der Waals surface area contributed by atoms with E-state index in [0.717, 1.165) is 5.92 Å². The van der Waals surface area contributed by atoms with E-state index in [-0.39, 0.29) is 0 Å². The molecule has 0 radical (unpaired) electrons. The van der Waals surface area contributed by atoms with Gasteiger partial charge >= 0.3 is 0 Å². The van der Waals surface area contributed by atoms with Gasteiger partial charge in [0.25, 0.3) is 0 Å². The Balaban J connectivity index is 1.74. The molecule has 0 aromatic rings. The van der Waals surface area contributed by atoms with E-state index in [9.17, 15) is 0 Å². The third-order valence-corrected chi connectivity index (χ3v) is 2.60. The molecular weight excluding hydrogens is 134 g/mol. The first-order chi connectivity index (χ1) is 5.45. The van der Waals surface area contributed by atoms with E-state index in [1.807, 2.05) is 0 Å². The first-order valence-electron chi connectivity index (χ1n) is 4.82. The predicted octanol–water partition coefficient (Wildman–Crippen LogP) is 2.05. The highest BCUT2D eigenvalue weighted by Gasteiger charge is 2.23. The number of hydrogen-bond acceptors (Lipinski definition) is 1. The molecule has 1 aliphatic heterocycles. The van der Waals surface area contributed by atoms with Crippen LogP contribution in [0.1, 0.15) is 25.7 Å². The van der Waals surface area contributed by atoms with Crippen LogP contribution in [0.3, 0.4) is 0 Å². The highest BCUT2D eigenvalue weighted by atomic mass is 15.1. The Kier molecular flexibility index (Phi) is 2.27. The van der Waals surface area contributed by atoms with Crippen molar-refractivity contribution in [3.63, 3.8) is 0 Å². The van der Waals surface area contributed by atoms with Gasteiger partial charge in [0.2, 0.25) is 0 Å². The van der Waals surface area contributed by atoms with Crippen LogP contribution < -0.4 is 0 Å². The molecule has 0 atom stereocenters. The molecule has 0 aromatic heterocycles. The Bertz CT molecular complexity index is 137. The lowest BCUT2D eigenvalue weighted by molar-refractivity contribution is 0.277. The standard InChI is InChI=1S/C10H17N/c1-2-4-8-11(7-3-1)9-10-5-6-10/h1-2,10H,3-9H2. The van der Waals surface area contributed by atoms with Crippen LogP contribution in [0.5, 0.6) is 0 Å². The highest BCUT2D eigenvalue weighted by Crippen LogP contribution is 2.29. The Hall–Kier alpha value is -0.300. The zero-order valence-electron chi connectivity index (χ0n) is 7.13. The number of rotatable bonds is 2. The summed E-state index contributed by atoms with van der Waals surface area (Å²) in [6.45, 7) is 3.97. The molecule has 0 N–H and O–H groups in total. The molecule has 0 spiro atoms. The Morgan fingerprint density at radius 2 is 1.73 bits per heavy atom. The minimum absolute atomic E-state index is 1.06. The second kappa shape index (κ2) is 3.40. The van der Waals surface area contributed by atoms with Gasteiger partial charge in [-0.25, -0.2) is 0 Å². The summed E-state index contributed by atoms with van der Waals surface area (Å²) in [5, 5.41) is 0. The van der Waals surface area contributed by atoms with Crippen molar-refractivity contribution in [1.82, 2.24) is 4.90 Å². The average Bonchev–Trinajstić information content (AvgIpc) is 2.77. The molecule has 1 heteroatoms. The third kappa shape index (κ3) is 2.33. The van der Waals surface area contributed by atoms with Gasteiger partial charge in [-0.05, 0) is 31.6 Å². The molecule has 11 heavy (non-hydrogen) atoms. The number of hydrogen-bond donors (Lipinski definition) is 0. The van der Waals surface area contributed by atoms with Crippen molar-refractivity contribution in [2.24, 2.45) is 5.92 Å². The van der Waals surface area contributed by atoms with Crippen molar-refractivity contribution < 1.29 is 0 Å². The van der Waals surface area contributed by atoms with Gasteiger partial charge in [-0.1, -0.05) is 12.2 Å². The van der Waals surface area contributed by atoms with Gasteiger partial charge in [0.05, 0.1) is 0 Å². The van der Waals surface area contributed by atoms with Gasteiger partial charge in [-0.2, -0.15) is 0 Å². The minimum Gasteiger partial charge on any atom is -0.302 e. The summed E-state index contributed by atoms with van der Waals surface area (Å²) in [6.07, 6.45) is 10.2. The topological polar surface area (TPSA) is 3.24 Å². The molecule has 1 saturated carbocycles. The van der Waals surface area contributed by atoms with Crippen LogP contribution in [-0.2, 0) is 0 Å². The molecular formula is C10H17N. The lowest BCUT2D eigenvalue weighted by atomic mass is 10.3. The van der Waals surface area contributed by atoms with Crippen LogP contribution in [0.25, 0.3) is 0 Å². The van der Waals surface area contributed by atoms with Crippen LogP contribution in [0.2, 0.25) is 0 Å². The summed E-state index contributed by atoms with van der Waals surface area (Å²) in [4.78, 5) is 2.62. The maximum absolute atomic E-state index is 2.62. The third-order valence-electron chi connectivity index (χ3n) is 2.60. The van der Waals surface area contributed by atoms with E-state index < -0.39 is 0 Å². The van der Waals surface area contributed by atoms with Crippen molar-refractivity contribution in [3.05, 3.63) is 12.2 Å². The molecule has 0 aromatic carbocycles. The summed E-state index contributed by atoms with van der Waals surface area (Å²) in [5.41, 5.74) is 0. The van der Waals surface area contributed by atoms with E-state index in [1.54, 1.807) is 0 Å². The molecule has 0 bridgehead atoms. The molecule has 62 valence electrons. The summed E-state index contributed by atoms with van der Waals surface area (Å²) in [7, 11) is 0. The lowest BCUT2D eigenvalue weighted by Gasteiger charge is -2.18. The molecule has 1 heterocycles. The van der Waals surface area contributed by atoms with Crippen molar-refractivity contribution >= 4 is 0 Å². The Morgan fingerprint density at radius 3 is 2.27 bits per heavy atom. The van der Waals surface area contributed by atoms with E-state index in [1.165, 1.54) is 45.3 Å². The summed E-state index contributed by atoms with van der Waals surface area (Å²) < 4.78 is 0. The smallest absolute Gasteiger partial charge is 0.00161 e. The molecule has 0 unspecified atom stereocenters. The first-order valence-corrected chi connectivity index (χ1v) is 4.82. The Morgan fingerprint density at radius 1 is 1.09 bits per heavy atom. The van der Waals surface area contributed by atoms with Gasteiger partial charge in [-0.3, -0.25) is 0 Å². The van der Waals surface area contributed by atoms with E-state index >= 15 is 0 Å². The molecule has 0 saturated heterocycles. The van der Waals surface area contributed by atoms with Crippen molar-refractivity contribution in [3.8, 4) is 0 Å². The average molecular weight is 151 g/mol. The Labute approximate surface area is 69.1 Å². The SMILES string of the molecule is C1=CCCN(CC2CC2)CC1. The molecule has 1 nitrogen and oxygen atoms in total. The van der Waals surface area contributed by atoms with Crippen LogP contribution in [0.15, 0.2) is 12.2 Å². The maximum atomic E-state index is 2.62. The van der Waals surface area contributed by atoms with Crippen molar-refractivity contribution in [1.29, 1.82) is 0 Å². The van der Waals surface area contributed by atoms with Gasteiger partial charge < -0.3 is 4.90 Å². The predicted molar refractivity (Wildman–Crippen MR) is 47.5 cm³/mol. The summed E-state index contributed by atoms with van der Waals surface area (Å²) in [5.74, 6) is 1.06. The second-order valence-electron chi connectivity index (χ2n) is 3.79. The first kappa shape index (κ1) is 7.35. The highest BCUT2D eigenvalue weighted by molar-refractivity contribution is 4.88. The molecule has 2 aliphatic rings. The van der Waals surface area contributed by atoms with Crippen LogP contribution in [-0.4, -0.2) is 24.5 Å². The van der Waals surface area contributed by atoms with Gasteiger partial charge in [0.1, 0.15) is 0 Å². The maximum Gasteiger partial charge on any atom is 0.00161 e. The lowest BCUT2D eigenvalue weighted by Crippen LogP contribution is -2.26.